The molecule has 0 aliphatic carbocycles. The molecule has 0 saturated carbocycles. The number of rotatable bonds is 7. The summed E-state index contributed by atoms with van der Waals surface area (Å²) in [5.41, 5.74) is 1.33. The van der Waals surface area contributed by atoms with Gasteiger partial charge in [0.1, 0.15) is 0 Å². The summed E-state index contributed by atoms with van der Waals surface area (Å²) in [5, 5.41) is 6.02. The van der Waals surface area contributed by atoms with Crippen LogP contribution in [0.3, 0.4) is 0 Å². The van der Waals surface area contributed by atoms with Crippen molar-refractivity contribution in [2.75, 3.05) is 13.1 Å². The average Bonchev–Trinajstić information content (AvgIpc) is 2.73. The summed E-state index contributed by atoms with van der Waals surface area (Å²) in [7, 11) is 0. The number of nitrogens with zero attached hydrogens (tertiary/aromatic N) is 2. The van der Waals surface area contributed by atoms with Gasteiger partial charge in [0.05, 0.1) is 0 Å². The molecule has 2 aromatic carbocycles. The summed E-state index contributed by atoms with van der Waals surface area (Å²) in [4.78, 5) is 29.6. The van der Waals surface area contributed by atoms with Gasteiger partial charge < -0.3 is 20.4 Å². The minimum atomic E-state index is -0.384. The maximum atomic E-state index is 13.0. The highest BCUT2D eigenvalue weighted by Crippen LogP contribution is 2.18. The van der Waals surface area contributed by atoms with Gasteiger partial charge >= 0.3 is 12.1 Å². The summed E-state index contributed by atoms with van der Waals surface area (Å²) in [6.45, 7) is 13.8. The van der Waals surface area contributed by atoms with Gasteiger partial charge in [0.25, 0.3) is 0 Å². The highest BCUT2D eigenvalue weighted by atomic mass is 16.2. The summed E-state index contributed by atoms with van der Waals surface area (Å²) in [5.74, 6) is 0. The lowest BCUT2D eigenvalue weighted by molar-refractivity contribution is 0.106. The van der Waals surface area contributed by atoms with E-state index in [1.54, 1.807) is 9.80 Å². The van der Waals surface area contributed by atoms with Crippen molar-refractivity contribution in [2.24, 2.45) is 0 Å². The van der Waals surface area contributed by atoms with Crippen LogP contribution in [-0.2, 0) is 13.1 Å². The predicted octanol–water partition coefficient (Wildman–Crippen LogP) is 5.01. The second-order valence-electron chi connectivity index (χ2n) is 9.93. The Morgan fingerprint density at radius 1 is 0.625 bits per heavy atom. The summed E-state index contributed by atoms with van der Waals surface area (Å²) in [6, 6.07) is 19.4. The summed E-state index contributed by atoms with van der Waals surface area (Å²) >= 11 is 0. The highest BCUT2D eigenvalue weighted by Gasteiger charge is 2.31. The third-order valence-corrected chi connectivity index (χ3v) is 5.23. The first-order valence-electron chi connectivity index (χ1n) is 11.2. The van der Waals surface area contributed by atoms with E-state index in [0.717, 1.165) is 11.1 Å². The lowest BCUT2D eigenvalue weighted by atomic mass is 10.0. The van der Waals surface area contributed by atoms with Gasteiger partial charge in [-0.1, -0.05) is 60.7 Å². The molecule has 0 aliphatic rings. The molecule has 6 nitrogen and oxygen atoms in total. The van der Waals surface area contributed by atoms with E-state index in [0.29, 0.717) is 26.2 Å². The van der Waals surface area contributed by atoms with Crippen LogP contribution in [0.15, 0.2) is 60.7 Å². The Labute approximate surface area is 193 Å². The van der Waals surface area contributed by atoms with Crippen LogP contribution in [-0.4, -0.2) is 46.0 Å². The second kappa shape index (κ2) is 11.0. The molecule has 0 fully saturated rings. The fourth-order valence-electron chi connectivity index (χ4n) is 3.42. The standard InChI is InChI=1S/C26H38N4O2/c1-25(2,3)29(23(31)27-19-21-13-9-7-10-14-21)17-18-30(26(4,5)6)24(32)28-20-22-15-11-8-12-16-22/h7-16H,17-20H2,1-6H3,(H,27,31)(H,28,32). The van der Waals surface area contributed by atoms with Crippen molar-refractivity contribution in [2.45, 2.75) is 65.7 Å². The molecular formula is C26H38N4O2. The number of carbonyl (C=O) groups is 2. The van der Waals surface area contributed by atoms with E-state index in [9.17, 15) is 9.59 Å². The van der Waals surface area contributed by atoms with Crippen molar-refractivity contribution >= 4 is 12.1 Å². The molecule has 2 N–H and O–H groups in total. The SMILES string of the molecule is CC(C)(C)N(CCN(C(=O)NCc1ccccc1)C(C)(C)C)C(=O)NCc1ccccc1. The Hall–Kier alpha value is -3.02. The third-order valence-electron chi connectivity index (χ3n) is 5.23. The molecule has 0 radical (unpaired) electrons. The van der Waals surface area contributed by atoms with E-state index in [1.165, 1.54) is 0 Å². The number of nitrogens with one attached hydrogen (secondary N) is 2. The minimum absolute atomic E-state index is 0.139. The fourth-order valence-corrected chi connectivity index (χ4v) is 3.42. The van der Waals surface area contributed by atoms with Gasteiger partial charge in [-0.05, 0) is 52.7 Å². The van der Waals surface area contributed by atoms with E-state index in [-0.39, 0.29) is 23.1 Å². The number of urea groups is 2. The first kappa shape index (κ1) is 25.2. The van der Waals surface area contributed by atoms with Crippen molar-refractivity contribution < 1.29 is 9.59 Å². The first-order chi connectivity index (χ1) is 15.0. The molecule has 2 aromatic rings. The molecule has 0 unspecified atom stereocenters. The lowest BCUT2D eigenvalue weighted by Gasteiger charge is -2.40. The van der Waals surface area contributed by atoms with E-state index in [4.69, 9.17) is 0 Å². The van der Waals surface area contributed by atoms with Crippen LogP contribution in [0, 0.1) is 0 Å². The van der Waals surface area contributed by atoms with Gasteiger partial charge in [-0.3, -0.25) is 0 Å². The maximum absolute atomic E-state index is 13.0. The normalized spacial score (nSPS) is 11.6. The van der Waals surface area contributed by atoms with Gasteiger partial charge in [0.2, 0.25) is 0 Å². The Balaban J connectivity index is 2.02. The summed E-state index contributed by atoms with van der Waals surface area (Å²) in [6.07, 6.45) is 0. The van der Waals surface area contributed by atoms with Gasteiger partial charge in [-0.2, -0.15) is 0 Å². The fraction of sp³-hybridized carbons (Fsp3) is 0.462. The third kappa shape index (κ3) is 7.91. The van der Waals surface area contributed by atoms with Crippen molar-refractivity contribution in [3.63, 3.8) is 0 Å². The molecule has 0 aromatic heterocycles. The number of benzene rings is 2. The van der Waals surface area contributed by atoms with E-state index >= 15 is 0 Å². The zero-order chi connectivity index (χ0) is 23.8. The Morgan fingerprint density at radius 2 is 0.938 bits per heavy atom. The van der Waals surface area contributed by atoms with Gasteiger partial charge in [-0.15, -0.1) is 0 Å². The number of carbonyl (C=O) groups excluding carboxylic acids is 2. The molecule has 0 spiro atoms. The van der Waals surface area contributed by atoms with E-state index in [2.05, 4.69) is 10.6 Å². The number of amides is 4. The summed E-state index contributed by atoms with van der Waals surface area (Å²) < 4.78 is 0. The smallest absolute Gasteiger partial charge is 0.318 e. The molecule has 0 bridgehead atoms. The van der Waals surface area contributed by atoms with E-state index < -0.39 is 0 Å². The van der Waals surface area contributed by atoms with Crippen molar-refractivity contribution in [1.29, 1.82) is 0 Å². The van der Waals surface area contributed by atoms with Crippen LogP contribution in [0.1, 0.15) is 52.7 Å². The lowest BCUT2D eigenvalue weighted by Crippen LogP contribution is -2.57. The molecule has 32 heavy (non-hydrogen) atoms. The molecular weight excluding hydrogens is 400 g/mol. The molecule has 0 heterocycles. The van der Waals surface area contributed by atoms with Crippen molar-refractivity contribution in [3.8, 4) is 0 Å². The Morgan fingerprint density at radius 3 is 1.22 bits per heavy atom. The quantitative estimate of drug-likeness (QED) is 0.638. The van der Waals surface area contributed by atoms with Gasteiger partial charge in [-0.25, -0.2) is 9.59 Å². The van der Waals surface area contributed by atoms with E-state index in [1.807, 2.05) is 102 Å². The molecule has 174 valence electrons. The Kier molecular flexibility index (Phi) is 8.70. The van der Waals surface area contributed by atoms with Gasteiger partial charge in [0.15, 0.2) is 0 Å². The molecule has 4 amide bonds. The van der Waals surface area contributed by atoms with Crippen molar-refractivity contribution in [1.82, 2.24) is 20.4 Å². The minimum Gasteiger partial charge on any atom is -0.334 e. The number of hydrogen-bond acceptors (Lipinski definition) is 2. The van der Waals surface area contributed by atoms with Crippen LogP contribution >= 0.6 is 0 Å². The Bertz CT molecular complexity index is 781. The topological polar surface area (TPSA) is 64.7 Å². The van der Waals surface area contributed by atoms with Crippen LogP contribution < -0.4 is 10.6 Å². The molecule has 6 heteroatoms. The average molecular weight is 439 g/mol. The zero-order valence-corrected chi connectivity index (χ0v) is 20.3. The molecule has 0 atom stereocenters. The maximum Gasteiger partial charge on any atom is 0.318 e. The van der Waals surface area contributed by atoms with Crippen LogP contribution in [0.5, 0.6) is 0 Å². The van der Waals surface area contributed by atoms with Crippen LogP contribution in [0.25, 0.3) is 0 Å². The predicted molar refractivity (Wildman–Crippen MR) is 130 cm³/mol. The van der Waals surface area contributed by atoms with Crippen LogP contribution in [0.4, 0.5) is 9.59 Å². The molecule has 0 aliphatic heterocycles. The zero-order valence-electron chi connectivity index (χ0n) is 20.3. The number of hydrogen-bond donors (Lipinski definition) is 2. The van der Waals surface area contributed by atoms with Gasteiger partial charge in [0, 0.05) is 37.3 Å². The molecule has 2 rings (SSSR count). The first-order valence-corrected chi connectivity index (χ1v) is 11.2. The largest absolute Gasteiger partial charge is 0.334 e. The highest BCUT2D eigenvalue weighted by molar-refractivity contribution is 5.76. The van der Waals surface area contributed by atoms with Crippen molar-refractivity contribution in [3.05, 3.63) is 71.8 Å². The van der Waals surface area contributed by atoms with Crippen LogP contribution in [0.2, 0.25) is 0 Å². The molecule has 0 saturated heterocycles. The monoisotopic (exact) mass is 438 g/mol. The second-order valence-corrected chi connectivity index (χ2v) is 9.93.